The number of likely N-dealkylation sites (N-methyl/N-ethyl adjacent to an activating group) is 1. The number of hydrogen-bond donors (Lipinski definition) is 0. The molecule has 100 valence electrons. The van der Waals surface area contributed by atoms with Crippen LogP contribution in [0.3, 0.4) is 0 Å². The van der Waals surface area contributed by atoms with Crippen molar-refractivity contribution in [3.8, 4) is 0 Å². The topological polar surface area (TPSA) is 45.0 Å². The monoisotopic (exact) mass is 283 g/mol. The van der Waals surface area contributed by atoms with E-state index < -0.39 is 0 Å². The minimum Gasteiger partial charge on any atom is -0.307 e. The van der Waals surface area contributed by atoms with Crippen LogP contribution in [-0.2, 0) is 4.79 Å². The average molecular weight is 283 g/mol. The highest BCUT2D eigenvalue weighted by Gasteiger charge is 2.32. The molecule has 2 heterocycles. The molecule has 20 heavy (non-hydrogen) atoms. The van der Waals surface area contributed by atoms with E-state index in [1.165, 1.54) is 0 Å². The first-order valence-electron chi connectivity index (χ1n) is 6.37. The lowest BCUT2D eigenvalue weighted by Crippen LogP contribution is -2.29. The van der Waals surface area contributed by atoms with E-state index in [2.05, 4.69) is 10.2 Å². The molecule has 0 saturated carbocycles. The molecule has 0 fully saturated rings. The van der Waals surface area contributed by atoms with Gasteiger partial charge in [-0.1, -0.05) is 24.3 Å². The molecule has 5 heteroatoms. The number of nitrogens with zero attached hydrogens (tertiary/aromatic N) is 3. The van der Waals surface area contributed by atoms with Crippen LogP contribution in [0.25, 0.3) is 0 Å². The second kappa shape index (κ2) is 5.38. The number of amides is 1. The van der Waals surface area contributed by atoms with Crippen LogP contribution in [0.2, 0.25) is 0 Å². The Morgan fingerprint density at radius 1 is 1.25 bits per heavy atom. The summed E-state index contributed by atoms with van der Waals surface area (Å²) in [6.45, 7) is 2.58. The lowest BCUT2D eigenvalue weighted by atomic mass is 10.1. The summed E-state index contributed by atoms with van der Waals surface area (Å²) in [5.41, 5.74) is 2.17. The van der Waals surface area contributed by atoms with Crippen molar-refractivity contribution in [2.24, 2.45) is 10.2 Å². The van der Waals surface area contributed by atoms with Gasteiger partial charge >= 0.3 is 0 Å². The van der Waals surface area contributed by atoms with Gasteiger partial charge in [0.25, 0.3) is 5.91 Å². The van der Waals surface area contributed by atoms with E-state index in [0.717, 1.165) is 16.1 Å². The normalized spacial score (nSPS) is 16.4. The molecule has 0 spiro atoms. The van der Waals surface area contributed by atoms with Gasteiger partial charge < -0.3 is 4.90 Å². The zero-order valence-electron chi connectivity index (χ0n) is 11.0. The van der Waals surface area contributed by atoms with Crippen molar-refractivity contribution in [1.82, 2.24) is 0 Å². The lowest BCUT2D eigenvalue weighted by molar-refractivity contribution is -0.112. The molecule has 1 aliphatic rings. The summed E-state index contributed by atoms with van der Waals surface area (Å²) in [5, 5.41) is 10.1. The maximum atomic E-state index is 12.3. The molecule has 3 rings (SSSR count). The Hall–Kier alpha value is -2.27. The Bertz CT molecular complexity index is 689. The summed E-state index contributed by atoms with van der Waals surface area (Å²) in [7, 11) is 0. The van der Waals surface area contributed by atoms with Gasteiger partial charge in [-0.15, -0.1) is 16.4 Å². The van der Waals surface area contributed by atoms with Crippen LogP contribution in [0.1, 0.15) is 17.4 Å². The van der Waals surface area contributed by atoms with Crippen LogP contribution in [-0.4, -0.2) is 24.4 Å². The standard InChI is InChI=1S/C15H13N3OS/c1-2-18-13-8-4-3-7-12(13)14(15(18)19)17-16-10-11-6-5-9-20-11/h3-10H,2H2,1H3/b16-10-,17-14+. The Balaban J connectivity index is 1.95. The van der Waals surface area contributed by atoms with Crippen LogP contribution in [0.5, 0.6) is 0 Å². The SMILES string of the molecule is CCN1C(=O)/C(=N/N=C\c2cccs2)c2ccccc21. The molecular formula is C15H13N3OS. The maximum absolute atomic E-state index is 12.3. The summed E-state index contributed by atoms with van der Waals surface area (Å²) >= 11 is 1.58. The zero-order valence-corrected chi connectivity index (χ0v) is 11.8. The summed E-state index contributed by atoms with van der Waals surface area (Å²) < 4.78 is 0. The van der Waals surface area contributed by atoms with E-state index in [4.69, 9.17) is 0 Å². The number of benzene rings is 1. The molecular weight excluding hydrogens is 270 g/mol. The van der Waals surface area contributed by atoms with E-state index in [9.17, 15) is 4.79 Å². The van der Waals surface area contributed by atoms with Gasteiger partial charge in [0.2, 0.25) is 0 Å². The Kier molecular flexibility index (Phi) is 3.43. The summed E-state index contributed by atoms with van der Waals surface area (Å²) in [6, 6.07) is 11.6. The molecule has 0 unspecified atom stereocenters. The highest BCUT2D eigenvalue weighted by Crippen LogP contribution is 2.28. The largest absolute Gasteiger partial charge is 0.307 e. The molecule has 0 atom stereocenters. The van der Waals surface area contributed by atoms with Gasteiger partial charge in [0, 0.05) is 17.0 Å². The van der Waals surface area contributed by atoms with Crippen LogP contribution < -0.4 is 4.90 Å². The number of fused-ring (bicyclic) bond motifs is 1. The Morgan fingerprint density at radius 2 is 2.10 bits per heavy atom. The number of para-hydroxylation sites is 1. The quantitative estimate of drug-likeness (QED) is 0.631. The van der Waals surface area contributed by atoms with Gasteiger partial charge in [-0.2, -0.15) is 5.10 Å². The Morgan fingerprint density at radius 3 is 2.85 bits per heavy atom. The van der Waals surface area contributed by atoms with E-state index in [1.54, 1.807) is 22.5 Å². The van der Waals surface area contributed by atoms with Crippen molar-refractivity contribution in [2.75, 3.05) is 11.4 Å². The third-order valence-corrected chi connectivity index (χ3v) is 3.91. The minimum absolute atomic E-state index is 0.0861. The van der Waals surface area contributed by atoms with Crippen molar-refractivity contribution in [3.05, 3.63) is 52.2 Å². The molecule has 0 bridgehead atoms. The second-order valence-electron chi connectivity index (χ2n) is 4.28. The lowest BCUT2D eigenvalue weighted by Gasteiger charge is -2.12. The number of carbonyl (C=O) groups excluding carboxylic acids is 1. The van der Waals surface area contributed by atoms with Crippen molar-refractivity contribution >= 4 is 34.9 Å². The van der Waals surface area contributed by atoms with E-state index >= 15 is 0 Å². The minimum atomic E-state index is -0.0861. The van der Waals surface area contributed by atoms with Gasteiger partial charge in [0.05, 0.1) is 11.9 Å². The van der Waals surface area contributed by atoms with Gasteiger partial charge in [0.1, 0.15) is 0 Å². The third kappa shape index (κ3) is 2.16. The van der Waals surface area contributed by atoms with Crippen LogP contribution in [0.4, 0.5) is 5.69 Å². The average Bonchev–Trinajstić information content (AvgIpc) is 3.06. The fourth-order valence-electron chi connectivity index (χ4n) is 2.18. The van der Waals surface area contributed by atoms with Crippen LogP contribution in [0.15, 0.2) is 52.0 Å². The maximum Gasteiger partial charge on any atom is 0.279 e. The fraction of sp³-hybridized carbons (Fsp3) is 0.133. The number of anilines is 1. The Labute approximate surface area is 121 Å². The van der Waals surface area contributed by atoms with Crippen molar-refractivity contribution < 1.29 is 4.79 Å². The van der Waals surface area contributed by atoms with Crippen LogP contribution >= 0.6 is 11.3 Å². The van der Waals surface area contributed by atoms with Gasteiger partial charge in [-0.3, -0.25) is 4.79 Å². The van der Waals surface area contributed by atoms with Crippen LogP contribution in [0, 0.1) is 0 Å². The molecule has 0 saturated heterocycles. The summed E-state index contributed by atoms with van der Waals surface area (Å²) in [5.74, 6) is -0.0861. The van der Waals surface area contributed by atoms with Gasteiger partial charge in [-0.25, -0.2) is 0 Å². The van der Waals surface area contributed by atoms with E-state index in [-0.39, 0.29) is 5.91 Å². The van der Waals surface area contributed by atoms with E-state index in [1.807, 2.05) is 48.7 Å². The predicted molar refractivity (Wildman–Crippen MR) is 82.9 cm³/mol. The highest BCUT2D eigenvalue weighted by molar-refractivity contribution is 7.11. The molecule has 1 amide bonds. The third-order valence-electron chi connectivity index (χ3n) is 3.10. The molecule has 1 aliphatic heterocycles. The fourth-order valence-corrected chi connectivity index (χ4v) is 2.76. The van der Waals surface area contributed by atoms with Gasteiger partial charge in [-0.05, 0) is 24.4 Å². The number of rotatable bonds is 3. The van der Waals surface area contributed by atoms with Gasteiger partial charge in [0.15, 0.2) is 5.71 Å². The first-order chi connectivity index (χ1) is 9.81. The summed E-state index contributed by atoms with van der Waals surface area (Å²) in [6.07, 6.45) is 1.67. The molecule has 0 radical (unpaired) electrons. The molecule has 1 aromatic carbocycles. The highest BCUT2D eigenvalue weighted by atomic mass is 32.1. The summed E-state index contributed by atoms with van der Waals surface area (Å²) in [4.78, 5) is 15.0. The molecule has 2 aromatic rings. The second-order valence-corrected chi connectivity index (χ2v) is 5.25. The zero-order chi connectivity index (χ0) is 13.9. The van der Waals surface area contributed by atoms with Crippen molar-refractivity contribution in [3.63, 3.8) is 0 Å². The first kappa shape index (κ1) is 12.7. The molecule has 0 aliphatic carbocycles. The molecule has 0 N–H and O–H groups in total. The predicted octanol–water partition coefficient (Wildman–Crippen LogP) is 2.94. The number of carbonyl (C=O) groups is 1. The first-order valence-corrected chi connectivity index (χ1v) is 7.25. The molecule has 4 nitrogen and oxygen atoms in total. The smallest absolute Gasteiger partial charge is 0.279 e. The van der Waals surface area contributed by atoms with E-state index in [0.29, 0.717) is 12.3 Å². The van der Waals surface area contributed by atoms with Crippen molar-refractivity contribution in [1.29, 1.82) is 0 Å². The number of thiophene rings is 1. The van der Waals surface area contributed by atoms with Crippen molar-refractivity contribution in [2.45, 2.75) is 6.92 Å². The number of hydrogen-bond acceptors (Lipinski definition) is 4. The molecule has 1 aromatic heterocycles.